The third-order valence-electron chi connectivity index (χ3n) is 2.96. The minimum Gasteiger partial charge on any atom is -0.444 e. The SMILES string of the molecule is CC(C)(C)OC(=O)NCC=Cc1cccc2[nH]cc(C=O)c12. The monoisotopic (exact) mass is 300 g/mol. The van der Waals surface area contributed by atoms with Gasteiger partial charge in [-0.15, -0.1) is 0 Å². The summed E-state index contributed by atoms with van der Waals surface area (Å²) in [6.07, 6.45) is 5.76. The number of aldehydes is 1. The molecule has 2 rings (SSSR count). The number of alkyl carbamates (subject to hydrolysis) is 1. The Kier molecular flexibility index (Phi) is 4.65. The molecule has 1 aromatic heterocycles. The molecule has 0 aliphatic carbocycles. The van der Waals surface area contributed by atoms with Crippen molar-refractivity contribution in [1.29, 1.82) is 0 Å². The molecule has 0 atom stereocenters. The van der Waals surface area contributed by atoms with E-state index in [4.69, 9.17) is 4.74 Å². The Bertz CT molecular complexity index is 708. The summed E-state index contributed by atoms with van der Waals surface area (Å²) in [5, 5.41) is 3.54. The molecule has 5 nitrogen and oxygen atoms in total. The number of H-pyrrole nitrogens is 1. The molecular formula is C17H20N2O3. The van der Waals surface area contributed by atoms with Gasteiger partial charge in [0.25, 0.3) is 0 Å². The Morgan fingerprint density at radius 3 is 2.77 bits per heavy atom. The fourth-order valence-electron chi connectivity index (χ4n) is 2.11. The molecule has 0 aliphatic heterocycles. The first-order valence-corrected chi connectivity index (χ1v) is 7.09. The average Bonchev–Trinajstić information content (AvgIpc) is 2.85. The second-order valence-corrected chi connectivity index (χ2v) is 5.92. The predicted octanol–water partition coefficient (Wildman–Crippen LogP) is 3.52. The lowest BCUT2D eigenvalue weighted by molar-refractivity contribution is 0.0534. The lowest BCUT2D eigenvalue weighted by Gasteiger charge is -2.19. The number of fused-ring (bicyclic) bond motifs is 1. The highest BCUT2D eigenvalue weighted by Crippen LogP contribution is 2.22. The van der Waals surface area contributed by atoms with Crippen molar-refractivity contribution in [2.24, 2.45) is 0 Å². The maximum absolute atomic E-state index is 11.5. The first-order chi connectivity index (χ1) is 10.4. The number of rotatable bonds is 4. The van der Waals surface area contributed by atoms with Gasteiger partial charge in [-0.05, 0) is 32.4 Å². The van der Waals surface area contributed by atoms with Gasteiger partial charge in [0.15, 0.2) is 6.29 Å². The van der Waals surface area contributed by atoms with Gasteiger partial charge in [0, 0.05) is 29.2 Å². The van der Waals surface area contributed by atoms with Crippen molar-refractivity contribution in [3.8, 4) is 0 Å². The van der Waals surface area contributed by atoms with Gasteiger partial charge in [0.2, 0.25) is 0 Å². The van der Waals surface area contributed by atoms with Gasteiger partial charge in [-0.3, -0.25) is 4.79 Å². The summed E-state index contributed by atoms with van der Waals surface area (Å²) in [6, 6.07) is 5.75. The van der Waals surface area contributed by atoms with Gasteiger partial charge >= 0.3 is 6.09 Å². The summed E-state index contributed by atoms with van der Waals surface area (Å²) in [6.45, 7) is 5.80. The summed E-state index contributed by atoms with van der Waals surface area (Å²) >= 11 is 0. The standard InChI is InChI=1S/C17H20N2O3/c1-17(2,3)22-16(21)18-9-5-7-12-6-4-8-14-15(12)13(11-20)10-19-14/h4-8,10-11,19H,9H2,1-3H3,(H,18,21). The fourth-order valence-corrected chi connectivity index (χ4v) is 2.11. The molecule has 116 valence electrons. The number of amides is 1. The van der Waals surface area contributed by atoms with E-state index in [9.17, 15) is 9.59 Å². The van der Waals surface area contributed by atoms with Crippen LogP contribution in [0.15, 0.2) is 30.5 Å². The third-order valence-corrected chi connectivity index (χ3v) is 2.96. The molecule has 2 N–H and O–H groups in total. The Balaban J connectivity index is 2.03. The van der Waals surface area contributed by atoms with Crippen molar-refractivity contribution < 1.29 is 14.3 Å². The molecule has 1 heterocycles. The first-order valence-electron chi connectivity index (χ1n) is 7.09. The van der Waals surface area contributed by atoms with E-state index in [1.165, 1.54) is 0 Å². The van der Waals surface area contributed by atoms with E-state index in [0.29, 0.717) is 12.1 Å². The fraction of sp³-hybridized carbons (Fsp3) is 0.294. The van der Waals surface area contributed by atoms with Crippen LogP contribution in [-0.2, 0) is 4.74 Å². The van der Waals surface area contributed by atoms with Crippen molar-refractivity contribution in [2.75, 3.05) is 6.54 Å². The van der Waals surface area contributed by atoms with Crippen molar-refractivity contribution in [3.05, 3.63) is 41.6 Å². The molecule has 2 aromatic rings. The van der Waals surface area contributed by atoms with E-state index in [-0.39, 0.29) is 0 Å². The normalized spacial score (nSPS) is 11.8. The maximum Gasteiger partial charge on any atom is 0.407 e. The van der Waals surface area contributed by atoms with Crippen LogP contribution in [0.1, 0.15) is 36.7 Å². The quantitative estimate of drug-likeness (QED) is 0.849. The Hall–Kier alpha value is -2.56. The number of hydrogen-bond acceptors (Lipinski definition) is 3. The van der Waals surface area contributed by atoms with E-state index in [0.717, 1.165) is 22.8 Å². The minimum absolute atomic E-state index is 0.353. The second-order valence-electron chi connectivity index (χ2n) is 5.92. The Labute approximate surface area is 129 Å². The Morgan fingerprint density at radius 1 is 1.32 bits per heavy atom. The van der Waals surface area contributed by atoms with Crippen LogP contribution in [0.4, 0.5) is 4.79 Å². The number of carbonyl (C=O) groups is 2. The number of aromatic nitrogens is 1. The van der Waals surface area contributed by atoms with E-state index in [1.54, 1.807) is 6.20 Å². The van der Waals surface area contributed by atoms with Crippen LogP contribution in [0.3, 0.4) is 0 Å². The van der Waals surface area contributed by atoms with E-state index in [1.807, 2.05) is 51.1 Å². The molecule has 0 bridgehead atoms. The molecular weight excluding hydrogens is 280 g/mol. The molecule has 0 fully saturated rings. The zero-order valence-corrected chi connectivity index (χ0v) is 13.0. The van der Waals surface area contributed by atoms with Crippen LogP contribution in [-0.4, -0.2) is 29.5 Å². The highest BCUT2D eigenvalue weighted by atomic mass is 16.6. The summed E-state index contributed by atoms with van der Waals surface area (Å²) in [7, 11) is 0. The van der Waals surface area contributed by atoms with E-state index in [2.05, 4.69) is 10.3 Å². The van der Waals surface area contributed by atoms with Crippen LogP contribution >= 0.6 is 0 Å². The number of benzene rings is 1. The molecule has 0 unspecified atom stereocenters. The largest absolute Gasteiger partial charge is 0.444 e. The van der Waals surface area contributed by atoms with Crippen LogP contribution in [0, 0.1) is 0 Å². The average molecular weight is 300 g/mol. The molecule has 0 saturated carbocycles. The molecule has 22 heavy (non-hydrogen) atoms. The van der Waals surface area contributed by atoms with Crippen molar-refractivity contribution >= 4 is 29.4 Å². The highest BCUT2D eigenvalue weighted by molar-refractivity contribution is 6.01. The lowest BCUT2D eigenvalue weighted by Crippen LogP contribution is -2.32. The molecule has 1 aromatic carbocycles. The molecule has 5 heteroatoms. The van der Waals surface area contributed by atoms with Gasteiger partial charge in [-0.2, -0.15) is 0 Å². The molecule has 1 amide bonds. The van der Waals surface area contributed by atoms with Crippen LogP contribution in [0.2, 0.25) is 0 Å². The third kappa shape index (κ3) is 3.97. The zero-order valence-electron chi connectivity index (χ0n) is 13.0. The molecule has 0 saturated heterocycles. The van der Waals surface area contributed by atoms with Crippen molar-refractivity contribution in [1.82, 2.24) is 10.3 Å². The molecule has 0 radical (unpaired) electrons. The maximum atomic E-state index is 11.5. The number of aromatic amines is 1. The van der Waals surface area contributed by atoms with Crippen LogP contribution in [0.5, 0.6) is 0 Å². The van der Waals surface area contributed by atoms with E-state index >= 15 is 0 Å². The van der Waals surface area contributed by atoms with Gasteiger partial charge in [-0.1, -0.05) is 24.3 Å². The van der Waals surface area contributed by atoms with Gasteiger partial charge in [-0.25, -0.2) is 4.79 Å². The summed E-state index contributed by atoms with van der Waals surface area (Å²) in [5.74, 6) is 0. The van der Waals surface area contributed by atoms with Gasteiger partial charge < -0.3 is 15.0 Å². The number of hydrogen-bond donors (Lipinski definition) is 2. The van der Waals surface area contributed by atoms with Gasteiger partial charge in [0.1, 0.15) is 5.60 Å². The second kappa shape index (κ2) is 6.47. The summed E-state index contributed by atoms with van der Waals surface area (Å²) in [5.41, 5.74) is 1.94. The summed E-state index contributed by atoms with van der Waals surface area (Å²) in [4.78, 5) is 25.7. The number of ether oxygens (including phenoxy) is 1. The highest BCUT2D eigenvalue weighted by Gasteiger charge is 2.15. The van der Waals surface area contributed by atoms with Crippen LogP contribution in [0.25, 0.3) is 17.0 Å². The predicted molar refractivity (Wildman–Crippen MR) is 87.0 cm³/mol. The zero-order chi connectivity index (χ0) is 16.2. The lowest BCUT2D eigenvalue weighted by atomic mass is 10.1. The smallest absolute Gasteiger partial charge is 0.407 e. The van der Waals surface area contributed by atoms with Crippen LogP contribution < -0.4 is 5.32 Å². The number of nitrogens with one attached hydrogen (secondary N) is 2. The Morgan fingerprint density at radius 2 is 2.09 bits per heavy atom. The molecule has 0 spiro atoms. The van der Waals surface area contributed by atoms with Crippen molar-refractivity contribution in [2.45, 2.75) is 26.4 Å². The molecule has 0 aliphatic rings. The van der Waals surface area contributed by atoms with Crippen molar-refractivity contribution in [3.63, 3.8) is 0 Å². The summed E-state index contributed by atoms with van der Waals surface area (Å²) < 4.78 is 5.15. The number of carbonyl (C=O) groups excluding carboxylic acids is 2. The van der Waals surface area contributed by atoms with E-state index < -0.39 is 11.7 Å². The minimum atomic E-state index is -0.511. The van der Waals surface area contributed by atoms with Gasteiger partial charge in [0.05, 0.1) is 0 Å². The topological polar surface area (TPSA) is 71.2 Å². The first kappa shape index (κ1) is 15.8.